The van der Waals surface area contributed by atoms with Crippen LogP contribution in [0, 0.1) is 6.92 Å². The number of aromatic nitrogens is 2. The lowest BCUT2D eigenvalue weighted by Gasteiger charge is -2.16. The Morgan fingerprint density at radius 1 is 1.31 bits per heavy atom. The molecule has 4 nitrogen and oxygen atoms in total. The van der Waals surface area contributed by atoms with E-state index in [1.165, 1.54) is 0 Å². The number of nitrogen functional groups attached to an aromatic ring is 1. The molecule has 0 saturated carbocycles. The topological polar surface area (TPSA) is 63.8 Å². The number of nitrogens with one attached hydrogen (secondary N) is 1. The zero-order valence-electron chi connectivity index (χ0n) is 10.7. The fourth-order valence-corrected chi connectivity index (χ4v) is 1.39. The van der Waals surface area contributed by atoms with Gasteiger partial charge in [0.25, 0.3) is 0 Å². The van der Waals surface area contributed by atoms with Gasteiger partial charge in [0.15, 0.2) is 0 Å². The predicted molar refractivity (Wildman–Crippen MR) is 68.6 cm³/mol. The van der Waals surface area contributed by atoms with Gasteiger partial charge in [-0.1, -0.05) is 13.8 Å². The van der Waals surface area contributed by atoms with E-state index in [2.05, 4.69) is 36.1 Å². The molecule has 0 aliphatic heterocycles. The van der Waals surface area contributed by atoms with Crippen LogP contribution in [0.3, 0.4) is 0 Å². The molecule has 0 aliphatic carbocycles. The summed E-state index contributed by atoms with van der Waals surface area (Å²) in [5.41, 5.74) is 6.82. The molecule has 3 N–H and O–H groups in total. The predicted octanol–water partition coefficient (Wildman–Crippen LogP) is 2.53. The molecule has 0 fully saturated rings. The maximum Gasteiger partial charge on any atom is 0.134 e. The van der Waals surface area contributed by atoms with Crippen molar-refractivity contribution >= 4 is 11.6 Å². The summed E-state index contributed by atoms with van der Waals surface area (Å²) in [5.74, 6) is 2.30. The van der Waals surface area contributed by atoms with Crippen molar-refractivity contribution in [1.29, 1.82) is 0 Å². The first-order valence-electron chi connectivity index (χ1n) is 5.98. The molecule has 1 heterocycles. The fraction of sp³-hybridized carbons (Fsp3) is 0.667. The van der Waals surface area contributed by atoms with E-state index in [1.54, 1.807) is 0 Å². The Labute approximate surface area is 97.7 Å². The molecule has 1 rings (SSSR count). The molecule has 0 radical (unpaired) electrons. The number of anilines is 2. The van der Waals surface area contributed by atoms with Gasteiger partial charge in [-0.25, -0.2) is 9.97 Å². The van der Waals surface area contributed by atoms with Gasteiger partial charge in [-0.2, -0.15) is 0 Å². The van der Waals surface area contributed by atoms with Crippen molar-refractivity contribution in [2.75, 3.05) is 11.1 Å². The highest BCUT2D eigenvalue weighted by atomic mass is 15.1. The monoisotopic (exact) mass is 222 g/mol. The number of rotatable bonds is 5. The van der Waals surface area contributed by atoms with E-state index in [9.17, 15) is 0 Å². The van der Waals surface area contributed by atoms with Gasteiger partial charge < -0.3 is 11.1 Å². The van der Waals surface area contributed by atoms with Crippen molar-refractivity contribution in [2.24, 2.45) is 0 Å². The van der Waals surface area contributed by atoms with Crippen LogP contribution in [-0.4, -0.2) is 16.0 Å². The summed E-state index contributed by atoms with van der Waals surface area (Å²) in [4.78, 5) is 8.79. The summed E-state index contributed by atoms with van der Waals surface area (Å²) in [6.07, 6.45) is 2.97. The number of aryl methyl sites for hydroxylation is 1. The van der Waals surface area contributed by atoms with E-state index >= 15 is 0 Å². The molecule has 4 heteroatoms. The van der Waals surface area contributed by atoms with Gasteiger partial charge in [0.1, 0.15) is 17.5 Å². The van der Waals surface area contributed by atoms with Crippen molar-refractivity contribution < 1.29 is 0 Å². The lowest BCUT2D eigenvalue weighted by atomic mass is 10.2. The van der Waals surface area contributed by atoms with Crippen LogP contribution in [-0.2, 0) is 6.42 Å². The van der Waals surface area contributed by atoms with Gasteiger partial charge in [0, 0.05) is 18.0 Å². The first-order valence-corrected chi connectivity index (χ1v) is 5.98. The molecular formula is C12H22N4. The second-order valence-electron chi connectivity index (χ2n) is 4.20. The van der Waals surface area contributed by atoms with Crippen molar-refractivity contribution in [3.8, 4) is 0 Å². The Morgan fingerprint density at radius 2 is 2.00 bits per heavy atom. The van der Waals surface area contributed by atoms with Gasteiger partial charge in [0.2, 0.25) is 0 Å². The van der Waals surface area contributed by atoms with Crippen LogP contribution >= 0.6 is 0 Å². The lowest BCUT2D eigenvalue weighted by Crippen LogP contribution is -2.17. The third-order valence-electron chi connectivity index (χ3n) is 2.70. The molecule has 0 saturated heterocycles. The van der Waals surface area contributed by atoms with Gasteiger partial charge in [-0.15, -0.1) is 0 Å². The van der Waals surface area contributed by atoms with Crippen LogP contribution in [0.25, 0.3) is 0 Å². The van der Waals surface area contributed by atoms with Crippen LogP contribution in [0.2, 0.25) is 0 Å². The molecule has 1 atom stereocenters. The molecule has 1 unspecified atom stereocenters. The Balaban J connectivity index is 2.96. The quantitative estimate of drug-likeness (QED) is 0.803. The van der Waals surface area contributed by atoms with Crippen LogP contribution in [0.1, 0.15) is 45.0 Å². The smallest absolute Gasteiger partial charge is 0.134 e. The minimum absolute atomic E-state index is 0.405. The highest BCUT2D eigenvalue weighted by molar-refractivity contribution is 5.55. The molecular weight excluding hydrogens is 200 g/mol. The SMILES string of the molecule is CCCc1nc(N)c(C)c(NC(C)CC)n1. The van der Waals surface area contributed by atoms with E-state index in [0.717, 1.165) is 36.5 Å². The molecule has 90 valence electrons. The normalized spacial score (nSPS) is 12.5. The Bertz CT molecular complexity index is 349. The third kappa shape index (κ3) is 3.08. The van der Waals surface area contributed by atoms with Crippen molar-refractivity contribution in [1.82, 2.24) is 9.97 Å². The molecule has 16 heavy (non-hydrogen) atoms. The van der Waals surface area contributed by atoms with Gasteiger partial charge >= 0.3 is 0 Å². The molecule has 0 amide bonds. The summed E-state index contributed by atoms with van der Waals surface area (Å²) >= 11 is 0. The Hall–Kier alpha value is -1.32. The standard InChI is InChI=1S/C12H22N4/c1-5-7-10-15-11(13)9(4)12(16-10)14-8(3)6-2/h8H,5-7H2,1-4H3,(H3,13,14,15,16). The molecule has 0 bridgehead atoms. The van der Waals surface area contributed by atoms with E-state index < -0.39 is 0 Å². The summed E-state index contributed by atoms with van der Waals surface area (Å²) in [6.45, 7) is 8.35. The fourth-order valence-electron chi connectivity index (χ4n) is 1.39. The first kappa shape index (κ1) is 12.7. The summed E-state index contributed by atoms with van der Waals surface area (Å²) < 4.78 is 0. The van der Waals surface area contributed by atoms with Gasteiger partial charge in [-0.05, 0) is 26.7 Å². The largest absolute Gasteiger partial charge is 0.383 e. The van der Waals surface area contributed by atoms with Crippen LogP contribution in [0.5, 0.6) is 0 Å². The van der Waals surface area contributed by atoms with Gasteiger partial charge in [-0.3, -0.25) is 0 Å². The average molecular weight is 222 g/mol. The maximum atomic E-state index is 5.88. The molecule has 1 aromatic rings. The van der Waals surface area contributed by atoms with Crippen LogP contribution in [0.15, 0.2) is 0 Å². The minimum atomic E-state index is 0.405. The zero-order valence-corrected chi connectivity index (χ0v) is 10.7. The van der Waals surface area contributed by atoms with E-state index in [4.69, 9.17) is 5.73 Å². The Kier molecular flexibility index (Phi) is 4.52. The number of hydrogen-bond acceptors (Lipinski definition) is 4. The third-order valence-corrected chi connectivity index (χ3v) is 2.70. The van der Waals surface area contributed by atoms with Gasteiger partial charge in [0.05, 0.1) is 0 Å². The summed E-state index contributed by atoms with van der Waals surface area (Å²) in [7, 11) is 0. The molecule has 0 spiro atoms. The lowest BCUT2D eigenvalue weighted by molar-refractivity contribution is 0.750. The average Bonchev–Trinajstić information content (AvgIpc) is 2.25. The van der Waals surface area contributed by atoms with Crippen LogP contribution in [0.4, 0.5) is 11.6 Å². The second kappa shape index (κ2) is 5.68. The Morgan fingerprint density at radius 3 is 2.56 bits per heavy atom. The number of nitrogens with two attached hydrogens (primary N) is 1. The van der Waals surface area contributed by atoms with E-state index in [-0.39, 0.29) is 0 Å². The molecule has 0 aliphatic rings. The highest BCUT2D eigenvalue weighted by Gasteiger charge is 2.09. The minimum Gasteiger partial charge on any atom is -0.383 e. The van der Waals surface area contributed by atoms with Crippen molar-refractivity contribution in [3.05, 3.63) is 11.4 Å². The first-order chi connectivity index (χ1) is 7.58. The summed E-state index contributed by atoms with van der Waals surface area (Å²) in [6, 6.07) is 0.405. The highest BCUT2D eigenvalue weighted by Crippen LogP contribution is 2.19. The second-order valence-corrected chi connectivity index (χ2v) is 4.20. The number of hydrogen-bond donors (Lipinski definition) is 2. The number of nitrogens with zero attached hydrogens (tertiary/aromatic N) is 2. The molecule has 0 aromatic carbocycles. The van der Waals surface area contributed by atoms with E-state index in [0.29, 0.717) is 11.9 Å². The maximum absolute atomic E-state index is 5.88. The zero-order chi connectivity index (χ0) is 12.1. The van der Waals surface area contributed by atoms with Crippen LogP contribution < -0.4 is 11.1 Å². The molecule has 1 aromatic heterocycles. The van der Waals surface area contributed by atoms with Crippen molar-refractivity contribution in [2.45, 2.75) is 53.0 Å². The van der Waals surface area contributed by atoms with Crippen molar-refractivity contribution in [3.63, 3.8) is 0 Å². The summed E-state index contributed by atoms with van der Waals surface area (Å²) in [5, 5.41) is 3.37. The van der Waals surface area contributed by atoms with E-state index in [1.807, 2.05) is 6.92 Å².